The molecule has 1 atom stereocenters. The second kappa shape index (κ2) is 6.52. The first-order chi connectivity index (χ1) is 11.5. The van der Waals surface area contributed by atoms with Gasteiger partial charge in [-0.05, 0) is 25.0 Å². The van der Waals surface area contributed by atoms with Crippen molar-refractivity contribution in [3.8, 4) is 0 Å². The summed E-state index contributed by atoms with van der Waals surface area (Å²) in [4.78, 5) is 23.7. The molecule has 0 fully saturated rings. The Bertz CT molecular complexity index is 893. The molecule has 3 aromatic rings. The van der Waals surface area contributed by atoms with Crippen LogP contribution in [0.25, 0.3) is 10.2 Å². The molecule has 0 aliphatic heterocycles. The first-order valence-electron chi connectivity index (χ1n) is 7.72. The van der Waals surface area contributed by atoms with Gasteiger partial charge in [0, 0.05) is 24.1 Å². The number of fused-ring (bicyclic) bond motifs is 1. The molecule has 0 bridgehead atoms. The van der Waals surface area contributed by atoms with Crippen LogP contribution < -0.4 is 4.90 Å². The number of aryl methyl sites for hydroxylation is 1. The predicted octanol–water partition coefficient (Wildman–Crippen LogP) is 4.36. The summed E-state index contributed by atoms with van der Waals surface area (Å²) in [5, 5.41) is 12.0. The molecule has 1 aromatic carbocycles. The zero-order chi connectivity index (χ0) is 17.3. The van der Waals surface area contributed by atoms with Gasteiger partial charge in [-0.1, -0.05) is 19.1 Å². The lowest BCUT2D eigenvalue weighted by atomic mass is 10.1. The molecule has 2 heterocycles. The largest absolute Gasteiger partial charge is 0.352 e. The van der Waals surface area contributed by atoms with Gasteiger partial charge in [0.15, 0.2) is 0 Å². The van der Waals surface area contributed by atoms with Gasteiger partial charge in [-0.2, -0.15) is 0 Å². The number of rotatable bonds is 5. The first-order valence-corrected chi connectivity index (χ1v) is 8.53. The van der Waals surface area contributed by atoms with Crippen molar-refractivity contribution in [2.45, 2.75) is 26.3 Å². The summed E-state index contributed by atoms with van der Waals surface area (Å²) in [7, 11) is 1.95. The Balaban J connectivity index is 1.99. The molecule has 24 heavy (non-hydrogen) atoms. The van der Waals surface area contributed by atoms with E-state index < -0.39 is 0 Å². The number of thiophene rings is 1. The summed E-state index contributed by atoms with van der Waals surface area (Å²) in [6.07, 6.45) is 2.54. The summed E-state index contributed by atoms with van der Waals surface area (Å²) in [6, 6.07) is 8.82. The summed E-state index contributed by atoms with van der Waals surface area (Å²) in [6.45, 7) is 4.13. The highest BCUT2D eigenvalue weighted by atomic mass is 32.1. The van der Waals surface area contributed by atoms with Crippen LogP contribution in [0.15, 0.2) is 36.7 Å². The fourth-order valence-corrected chi connectivity index (χ4v) is 3.58. The van der Waals surface area contributed by atoms with Crippen molar-refractivity contribution in [1.82, 2.24) is 9.97 Å². The van der Waals surface area contributed by atoms with Crippen LogP contribution >= 0.6 is 11.3 Å². The number of hydrogen-bond donors (Lipinski definition) is 0. The van der Waals surface area contributed by atoms with Crippen molar-refractivity contribution in [3.05, 3.63) is 57.2 Å². The molecule has 0 saturated heterocycles. The Morgan fingerprint density at radius 3 is 2.83 bits per heavy atom. The molecule has 6 nitrogen and oxygen atoms in total. The average Bonchev–Trinajstić information content (AvgIpc) is 3.03. The molecular formula is C17H18N4O2S. The van der Waals surface area contributed by atoms with Crippen LogP contribution in [0, 0.1) is 10.1 Å². The summed E-state index contributed by atoms with van der Waals surface area (Å²) >= 11 is 1.68. The van der Waals surface area contributed by atoms with E-state index in [0.29, 0.717) is 0 Å². The Morgan fingerprint density at radius 1 is 1.33 bits per heavy atom. The first kappa shape index (κ1) is 16.3. The number of nitrogens with zero attached hydrogens (tertiary/aromatic N) is 4. The third-order valence-electron chi connectivity index (χ3n) is 4.19. The monoisotopic (exact) mass is 342 g/mol. The van der Waals surface area contributed by atoms with Gasteiger partial charge in [-0.15, -0.1) is 11.3 Å². The maximum atomic E-state index is 11.0. The molecule has 1 unspecified atom stereocenters. The van der Waals surface area contributed by atoms with Crippen LogP contribution in [0.2, 0.25) is 0 Å². The van der Waals surface area contributed by atoms with Gasteiger partial charge in [-0.3, -0.25) is 10.1 Å². The smallest absolute Gasteiger partial charge is 0.269 e. The Hall–Kier alpha value is -2.54. The SMILES string of the molecule is CCc1cc2c(N(C)C(C)c3cccc([N+](=O)[O-])c3)ncnc2s1. The molecule has 2 aromatic heterocycles. The molecule has 0 saturated carbocycles. The van der Waals surface area contributed by atoms with Gasteiger partial charge in [0.25, 0.3) is 5.69 Å². The number of anilines is 1. The zero-order valence-corrected chi connectivity index (χ0v) is 14.6. The van der Waals surface area contributed by atoms with Crippen LogP contribution in [-0.2, 0) is 6.42 Å². The second-order valence-electron chi connectivity index (χ2n) is 5.62. The number of nitro groups is 1. The molecule has 3 rings (SSSR count). The van der Waals surface area contributed by atoms with E-state index in [1.54, 1.807) is 29.8 Å². The predicted molar refractivity (Wildman–Crippen MR) is 96.7 cm³/mol. The number of non-ortho nitro benzene ring substituents is 1. The number of aromatic nitrogens is 2. The molecule has 0 spiro atoms. The molecule has 0 aliphatic carbocycles. The maximum absolute atomic E-state index is 11.0. The summed E-state index contributed by atoms with van der Waals surface area (Å²) in [5.41, 5.74) is 0.980. The lowest BCUT2D eigenvalue weighted by Crippen LogP contribution is -2.23. The van der Waals surface area contributed by atoms with Crippen LogP contribution in [-0.4, -0.2) is 21.9 Å². The van der Waals surface area contributed by atoms with Gasteiger partial charge >= 0.3 is 0 Å². The average molecular weight is 342 g/mol. The topological polar surface area (TPSA) is 72.2 Å². The van der Waals surface area contributed by atoms with Crippen molar-refractivity contribution in [1.29, 1.82) is 0 Å². The minimum absolute atomic E-state index is 0.0482. The van der Waals surface area contributed by atoms with Gasteiger partial charge in [0.2, 0.25) is 0 Å². The van der Waals surface area contributed by atoms with Crippen molar-refractivity contribution in [2.24, 2.45) is 0 Å². The summed E-state index contributed by atoms with van der Waals surface area (Å²) < 4.78 is 0. The fraction of sp³-hybridized carbons (Fsp3) is 0.294. The highest BCUT2D eigenvalue weighted by molar-refractivity contribution is 7.18. The van der Waals surface area contributed by atoms with Crippen molar-refractivity contribution >= 4 is 33.1 Å². The third-order valence-corrected chi connectivity index (χ3v) is 5.37. The fourth-order valence-electron chi connectivity index (χ4n) is 2.65. The Labute approximate surface area is 143 Å². The highest BCUT2D eigenvalue weighted by Crippen LogP contribution is 2.34. The van der Waals surface area contributed by atoms with E-state index >= 15 is 0 Å². The molecular weight excluding hydrogens is 324 g/mol. The molecule has 0 N–H and O–H groups in total. The van der Waals surface area contributed by atoms with Crippen LogP contribution in [0.5, 0.6) is 0 Å². The van der Waals surface area contributed by atoms with Crippen molar-refractivity contribution in [2.75, 3.05) is 11.9 Å². The normalized spacial score (nSPS) is 12.3. The van der Waals surface area contributed by atoms with E-state index in [9.17, 15) is 10.1 Å². The van der Waals surface area contributed by atoms with Crippen LogP contribution in [0.3, 0.4) is 0 Å². The quantitative estimate of drug-likeness (QED) is 0.509. The standard InChI is InChI=1S/C17H18N4O2S/c1-4-14-9-15-16(18-10-19-17(15)24-14)20(3)11(2)12-6-5-7-13(8-12)21(22)23/h5-11H,4H2,1-3H3. The molecule has 0 amide bonds. The molecule has 124 valence electrons. The number of nitro benzene ring substituents is 1. The molecule has 7 heteroatoms. The van der Waals surface area contributed by atoms with Gasteiger partial charge in [-0.25, -0.2) is 9.97 Å². The third kappa shape index (κ3) is 2.94. The van der Waals surface area contributed by atoms with Crippen molar-refractivity contribution in [3.63, 3.8) is 0 Å². The number of hydrogen-bond acceptors (Lipinski definition) is 6. The van der Waals surface area contributed by atoms with Crippen LogP contribution in [0.1, 0.15) is 30.3 Å². The number of benzene rings is 1. The van der Waals surface area contributed by atoms with Gasteiger partial charge < -0.3 is 4.90 Å². The lowest BCUT2D eigenvalue weighted by molar-refractivity contribution is -0.384. The van der Waals surface area contributed by atoms with Crippen LogP contribution in [0.4, 0.5) is 11.5 Å². The van der Waals surface area contributed by atoms with Crippen molar-refractivity contribution < 1.29 is 4.92 Å². The maximum Gasteiger partial charge on any atom is 0.269 e. The van der Waals surface area contributed by atoms with Gasteiger partial charge in [0.1, 0.15) is 17.0 Å². The van der Waals surface area contributed by atoms with E-state index in [4.69, 9.17) is 0 Å². The van der Waals surface area contributed by atoms with E-state index in [0.717, 1.165) is 28.0 Å². The Morgan fingerprint density at radius 2 is 2.12 bits per heavy atom. The van der Waals surface area contributed by atoms with E-state index in [1.165, 1.54) is 10.9 Å². The molecule has 0 radical (unpaired) electrons. The van der Waals surface area contributed by atoms with E-state index in [1.807, 2.05) is 24.9 Å². The second-order valence-corrected chi connectivity index (χ2v) is 6.74. The van der Waals surface area contributed by atoms with E-state index in [2.05, 4.69) is 23.0 Å². The highest BCUT2D eigenvalue weighted by Gasteiger charge is 2.19. The summed E-state index contributed by atoms with van der Waals surface area (Å²) in [5.74, 6) is 0.843. The van der Waals surface area contributed by atoms with Gasteiger partial charge in [0.05, 0.1) is 16.4 Å². The van der Waals surface area contributed by atoms with E-state index in [-0.39, 0.29) is 16.7 Å². The molecule has 0 aliphatic rings. The Kier molecular flexibility index (Phi) is 4.44. The zero-order valence-electron chi connectivity index (χ0n) is 13.8. The lowest BCUT2D eigenvalue weighted by Gasteiger charge is -2.26. The minimum atomic E-state index is -0.370. The minimum Gasteiger partial charge on any atom is -0.352 e.